The van der Waals surface area contributed by atoms with Crippen molar-refractivity contribution in [2.24, 2.45) is 0 Å². The summed E-state index contributed by atoms with van der Waals surface area (Å²) in [5.74, 6) is 1.39. The molecule has 0 aliphatic carbocycles. The number of nitrogens with zero attached hydrogens (tertiary/aromatic N) is 1. The Hall–Kier alpha value is -0.770. The van der Waals surface area contributed by atoms with Crippen molar-refractivity contribution in [3.05, 3.63) is 16.9 Å². The second kappa shape index (κ2) is 5.07. The molecule has 0 N–H and O–H groups in total. The van der Waals surface area contributed by atoms with Gasteiger partial charge in [-0.25, -0.2) is 4.98 Å². The minimum atomic E-state index is 0.664. The van der Waals surface area contributed by atoms with Crippen LogP contribution in [0.1, 0.15) is 13.3 Å². The number of pyridine rings is 1. The standard InChI is InChI=1S/C9H12BrNO2/c1-3-4-13-7-5-9(10)11-6-8(7)12-2/h5-6H,3-4H2,1-2H3. The number of rotatable bonds is 4. The van der Waals surface area contributed by atoms with Gasteiger partial charge in [-0.1, -0.05) is 6.92 Å². The molecule has 13 heavy (non-hydrogen) atoms. The Kier molecular flexibility index (Phi) is 4.02. The highest BCUT2D eigenvalue weighted by molar-refractivity contribution is 9.10. The molecule has 72 valence electrons. The van der Waals surface area contributed by atoms with Gasteiger partial charge in [-0.15, -0.1) is 0 Å². The molecule has 0 amide bonds. The van der Waals surface area contributed by atoms with Crippen LogP contribution in [0.2, 0.25) is 0 Å². The molecule has 0 aliphatic heterocycles. The first-order valence-corrected chi connectivity index (χ1v) is 4.89. The number of hydrogen-bond acceptors (Lipinski definition) is 3. The SMILES string of the molecule is CCCOc1cc(Br)ncc1OC. The van der Waals surface area contributed by atoms with Gasteiger partial charge in [0.15, 0.2) is 11.5 Å². The fourth-order valence-electron chi connectivity index (χ4n) is 0.879. The third kappa shape index (κ3) is 2.88. The normalized spacial score (nSPS) is 9.77. The zero-order chi connectivity index (χ0) is 9.68. The third-order valence-electron chi connectivity index (χ3n) is 1.48. The lowest BCUT2D eigenvalue weighted by Gasteiger charge is -2.08. The van der Waals surface area contributed by atoms with E-state index < -0.39 is 0 Å². The molecule has 0 aliphatic rings. The van der Waals surface area contributed by atoms with Crippen molar-refractivity contribution < 1.29 is 9.47 Å². The quantitative estimate of drug-likeness (QED) is 0.765. The Balaban J connectivity index is 2.81. The van der Waals surface area contributed by atoms with Gasteiger partial charge in [-0.3, -0.25) is 0 Å². The van der Waals surface area contributed by atoms with Gasteiger partial charge in [0.05, 0.1) is 19.9 Å². The molecule has 4 heteroatoms. The van der Waals surface area contributed by atoms with Crippen molar-refractivity contribution in [3.63, 3.8) is 0 Å². The maximum atomic E-state index is 5.46. The first-order valence-electron chi connectivity index (χ1n) is 4.10. The molecule has 0 fully saturated rings. The minimum Gasteiger partial charge on any atom is -0.491 e. The second-order valence-corrected chi connectivity index (χ2v) is 3.32. The fraction of sp³-hybridized carbons (Fsp3) is 0.444. The van der Waals surface area contributed by atoms with Gasteiger partial charge in [0, 0.05) is 6.07 Å². The molecule has 0 saturated carbocycles. The lowest BCUT2D eigenvalue weighted by atomic mass is 10.4. The van der Waals surface area contributed by atoms with Crippen LogP contribution >= 0.6 is 15.9 Å². The number of halogens is 1. The van der Waals surface area contributed by atoms with E-state index in [4.69, 9.17) is 9.47 Å². The lowest BCUT2D eigenvalue weighted by molar-refractivity contribution is 0.293. The van der Waals surface area contributed by atoms with Crippen LogP contribution in [0.25, 0.3) is 0 Å². The molecule has 1 aromatic rings. The molecule has 1 heterocycles. The maximum absolute atomic E-state index is 5.46. The summed E-state index contributed by atoms with van der Waals surface area (Å²) in [5.41, 5.74) is 0. The van der Waals surface area contributed by atoms with Gasteiger partial charge < -0.3 is 9.47 Å². The van der Waals surface area contributed by atoms with E-state index in [0.717, 1.165) is 16.8 Å². The van der Waals surface area contributed by atoms with Crippen LogP contribution in [0.15, 0.2) is 16.9 Å². The first-order chi connectivity index (χ1) is 6.27. The molecule has 0 bridgehead atoms. The summed E-state index contributed by atoms with van der Waals surface area (Å²) in [4.78, 5) is 4.03. The van der Waals surface area contributed by atoms with Crippen molar-refractivity contribution in [1.82, 2.24) is 4.98 Å². The summed E-state index contributed by atoms with van der Waals surface area (Å²) < 4.78 is 11.3. The Morgan fingerprint density at radius 3 is 2.85 bits per heavy atom. The maximum Gasteiger partial charge on any atom is 0.179 e. The van der Waals surface area contributed by atoms with Gasteiger partial charge in [-0.05, 0) is 22.4 Å². The van der Waals surface area contributed by atoms with Gasteiger partial charge in [0.25, 0.3) is 0 Å². The molecular formula is C9H12BrNO2. The van der Waals surface area contributed by atoms with E-state index in [1.807, 2.05) is 0 Å². The van der Waals surface area contributed by atoms with Crippen molar-refractivity contribution >= 4 is 15.9 Å². The van der Waals surface area contributed by atoms with Crippen LogP contribution < -0.4 is 9.47 Å². The van der Waals surface area contributed by atoms with Crippen LogP contribution in [0, 0.1) is 0 Å². The molecule has 1 rings (SSSR count). The number of aromatic nitrogens is 1. The molecule has 0 atom stereocenters. The van der Waals surface area contributed by atoms with E-state index in [2.05, 4.69) is 27.8 Å². The van der Waals surface area contributed by atoms with Gasteiger partial charge in [0.1, 0.15) is 4.60 Å². The van der Waals surface area contributed by atoms with Crippen molar-refractivity contribution in [2.75, 3.05) is 13.7 Å². The van der Waals surface area contributed by atoms with Crippen LogP contribution in [0.4, 0.5) is 0 Å². The summed E-state index contributed by atoms with van der Waals surface area (Å²) in [5, 5.41) is 0. The molecular weight excluding hydrogens is 234 g/mol. The Labute approximate surface area is 86.2 Å². The Morgan fingerprint density at radius 2 is 2.23 bits per heavy atom. The highest BCUT2D eigenvalue weighted by Crippen LogP contribution is 2.28. The molecule has 0 radical (unpaired) electrons. The van der Waals surface area contributed by atoms with E-state index in [9.17, 15) is 0 Å². The molecule has 3 nitrogen and oxygen atoms in total. The summed E-state index contributed by atoms with van der Waals surface area (Å²) >= 11 is 3.27. The monoisotopic (exact) mass is 245 g/mol. The summed E-state index contributed by atoms with van der Waals surface area (Å²) in [6, 6.07) is 1.80. The van der Waals surface area contributed by atoms with Crippen LogP contribution in [-0.2, 0) is 0 Å². The number of hydrogen-bond donors (Lipinski definition) is 0. The topological polar surface area (TPSA) is 31.4 Å². The molecule has 1 aromatic heterocycles. The van der Waals surface area contributed by atoms with E-state index in [-0.39, 0.29) is 0 Å². The van der Waals surface area contributed by atoms with Crippen molar-refractivity contribution in [2.45, 2.75) is 13.3 Å². The van der Waals surface area contributed by atoms with Gasteiger partial charge in [0.2, 0.25) is 0 Å². The molecule has 0 spiro atoms. The lowest BCUT2D eigenvalue weighted by Crippen LogP contribution is -1.98. The number of ether oxygens (including phenoxy) is 2. The second-order valence-electron chi connectivity index (χ2n) is 2.51. The minimum absolute atomic E-state index is 0.664. The average molecular weight is 246 g/mol. The highest BCUT2D eigenvalue weighted by atomic mass is 79.9. The van der Waals surface area contributed by atoms with E-state index in [1.165, 1.54) is 0 Å². The summed E-state index contributed by atoms with van der Waals surface area (Å²) in [7, 11) is 1.60. The Bertz CT molecular complexity index is 278. The van der Waals surface area contributed by atoms with Gasteiger partial charge >= 0.3 is 0 Å². The zero-order valence-corrected chi connectivity index (χ0v) is 9.30. The fourth-order valence-corrected chi connectivity index (χ4v) is 1.19. The van der Waals surface area contributed by atoms with E-state index >= 15 is 0 Å². The zero-order valence-electron chi connectivity index (χ0n) is 7.71. The molecule has 0 unspecified atom stereocenters. The van der Waals surface area contributed by atoms with Crippen molar-refractivity contribution in [3.8, 4) is 11.5 Å². The van der Waals surface area contributed by atoms with Crippen LogP contribution in [-0.4, -0.2) is 18.7 Å². The van der Waals surface area contributed by atoms with Crippen LogP contribution in [0.5, 0.6) is 11.5 Å². The number of methoxy groups -OCH3 is 1. The largest absolute Gasteiger partial charge is 0.491 e. The van der Waals surface area contributed by atoms with Crippen molar-refractivity contribution in [1.29, 1.82) is 0 Å². The van der Waals surface area contributed by atoms with E-state index in [0.29, 0.717) is 12.4 Å². The van der Waals surface area contributed by atoms with E-state index in [1.54, 1.807) is 19.4 Å². The smallest absolute Gasteiger partial charge is 0.179 e. The van der Waals surface area contributed by atoms with Gasteiger partial charge in [-0.2, -0.15) is 0 Å². The molecule has 0 aromatic carbocycles. The average Bonchev–Trinajstić information content (AvgIpc) is 2.15. The summed E-state index contributed by atoms with van der Waals surface area (Å²) in [6.07, 6.45) is 2.61. The first kappa shape index (κ1) is 10.3. The summed E-state index contributed by atoms with van der Waals surface area (Å²) in [6.45, 7) is 2.75. The molecule has 0 saturated heterocycles. The third-order valence-corrected chi connectivity index (χ3v) is 1.91. The predicted octanol–water partition coefficient (Wildman–Crippen LogP) is 2.64. The Morgan fingerprint density at radius 1 is 1.46 bits per heavy atom. The van der Waals surface area contributed by atoms with Crippen LogP contribution in [0.3, 0.4) is 0 Å². The predicted molar refractivity (Wildman–Crippen MR) is 54.3 cm³/mol. The highest BCUT2D eigenvalue weighted by Gasteiger charge is 2.04.